The van der Waals surface area contributed by atoms with Crippen molar-refractivity contribution in [2.24, 2.45) is 0 Å². The molecule has 6 N–H and O–H groups in total. The molecule has 0 aromatic heterocycles. The topological polar surface area (TPSA) is 313 Å². The van der Waals surface area contributed by atoms with Crippen LogP contribution in [0, 0.1) is 0 Å². The minimum absolute atomic E-state index is 0.663. The standard InChI is InChI=1S/C6H12O20S6/c7-27-21-1-2(22-28(8)9)3(23-29(10)11)5(25-31(15,16)17)6(26-32(18,19)20)4(1)24-30(12,13)14/h1-7H,(H,8,9)(H,10,11)(H,12,13,14)(H,15,16,17)(H,18,19,20)/t1?,2-,3-,4+,5?,6?/m1/s1. The second kappa shape index (κ2) is 11.6. The first kappa shape index (κ1) is 30.1. The number of hydrogen-bond donors (Lipinski definition) is 6. The fourth-order valence-corrected chi connectivity index (χ4v) is 5.08. The van der Waals surface area contributed by atoms with Crippen LogP contribution in [0.5, 0.6) is 0 Å². The lowest BCUT2D eigenvalue weighted by atomic mass is 9.85. The van der Waals surface area contributed by atoms with E-state index in [1.807, 2.05) is 0 Å². The molecule has 8 atom stereocenters. The quantitative estimate of drug-likeness (QED) is 0.0747. The molecule has 1 fully saturated rings. The highest BCUT2D eigenvalue weighted by Crippen LogP contribution is 2.37. The maximum Gasteiger partial charge on any atom is 0.397 e. The fraction of sp³-hybridized carbons (Fsp3) is 1.00. The largest absolute Gasteiger partial charge is 0.397 e. The van der Waals surface area contributed by atoms with Crippen LogP contribution >= 0.6 is 12.3 Å². The second-order valence-corrected chi connectivity index (χ2v) is 9.90. The second-order valence-electron chi connectivity index (χ2n) is 5.16. The molecule has 0 bridgehead atoms. The van der Waals surface area contributed by atoms with E-state index in [0.29, 0.717) is 0 Å². The Hall–Kier alpha value is 0.0200. The van der Waals surface area contributed by atoms with Gasteiger partial charge in [-0.05, 0) is 0 Å². The molecular weight excluding hydrogens is 584 g/mol. The van der Waals surface area contributed by atoms with Gasteiger partial charge in [0.2, 0.25) is 0 Å². The van der Waals surface area contributed by atoms with Crippen LogP contribution in [0.25, 0.3) is 0 Å². The Morgan fingerprint density at radius 3 is 1.16 bits per heavy atom. The van der Waals surface area contributed by atoms with E-state index in [9.17, 15) is 33.7 Å². The third-order valence-electron chi connectivity index (χ3n) is 3.18. The Kier molecular flexibility index (Phi) is 10.9. The van der Waals surface area contributed by atoms with Gasteiger partial charge in [-0.25, -0.2) is 12.5 Å². The summed E-state index contributed by atoms with van der Waals surface area (Å²) in [5.41, 5.74) is 0. The van der Waals surface area contributed by atoms with E-state index in [2.05, 4.69) is 25.1 Å². The first-order valence-corrected chi connectivity index (χ1v) is 13.7. The van der Waals surface area contributed by atoms with Crippen molar-refractivity contribution in [2.75, 3.05) is 0 Å². The minimum atomic E-state index is -5.71. The molecule has 0 amide bonds. The van der Waals surface area contributed by atoms with E-state index in [4.69, 9.17) is 27.3 Å². The summed E-state index contributed by atoms with van der Waals surface area (Å²) in [6.07, 6.45) is -16.0. The van der Waals surface area contributed by atoms with Gasteiger partial charge >= 0.3 is 53.9 Å². The van der Waals surface area contributed by atoms with Crippen LogP contribution in [0.2, 0.25) is 0 Å². The molecule has 1 saturated carbocycles. The van der Waals surface area contributed by atoms with Crippen molar-refractivity contribution in [3.63, 3.8) is 0 Å². The molecule has 0 aliphatic heterocycles. The van der Waals surface area contributed by atoms with Crippen molar-refractivity contribution < 1.29 is 86.1 Å². The van der Waals surface area contributed by atoms with Crippen LogP contribution in [0.3, 0.4) is 0 Å². The number of hydrogen-bond acceptors (Lipinski definition) is 16. The molecule has 1 aliphatic rings. The van der Waals surface area contributed by atoms with Crippen LogP contribution in [0.1, 0.15) is 0 Å². The summed E-state index contributed by atoms with van der Waals surface area (Å²) in [5.74, 6) is 0. The maximum absolute atomic E-state index is 11.2. The molecule has 0 aromatic rings. The zero-order valence-corrected chi connectivity index (χ0v) is 19.2. The zero-order valence-electron chi connectivity index (χ0n) is 14.3. The van der Waals surface area contributed by atoms with Crippen molar-refractivity contribution in [1.29, 1.82) is 0 Å². The van der Waals surface area contributed by atoms with Crippen molar-refractivity contribution in [3.05, 3.63) is 0 Å². The molecule has 0 heterocycles. The van der Waals surface area contributed by atoms with Crippen molar-refractivity contribution in [2.45, 2.75) is 36.6 Å². The van der Waals surface area contributed by atoms with E-state index >= 15 is 0 Å². The van der Waals surface area contributed by atoms with Gasteiger partial charge in [0.25, 0.3) is 0 Å². The van der Waals surface area contributed by atoms with Gasteiger partial charge < -0.3 is 4.55 Å². The first-order valence-electron chi connectivity index (χ1n) is 6.84. The first-order chi connectivity index (χ1) is 14.3. The average Bonchev–Trinajstić information content (AvgIpc) is 2.53. The van der Waals surface area contributed by atoms with Crippen molar-refractivity contribution in [1.82, 2.24) is 0 Å². The lowest BCUT2D eigenvalue weighted by molar-refractivity contribution is -0.180. The molecular formula is C6H12O20S6. The zero-order chi connectivity index (χ0) is 25.1. The highest BCUT2D eigenvalue weighted by Gasteiger charge is 2.60. The molecule has 32 heavy (non-hydrogen) atoms. The summed E-state index contributed by atoms with van der Waals surface area (Å²) in [7, 11) is -17.1. The Balaban J connectivity index is 3.84. The number of rotatable bonds is 12. The van der Waals surface area contributed by atoms with E-state index in [1.54, 1.807) is 0 Å². The summed E-state index contributed by atoms with van der Waals surface area (Å²) < 4.78 is 169. The third-order valence-corrected chi connectivity index (χ3v) is 5.66. The molecule has 5 unspecified atom stereocenters. The van der Waals surface area contributed by atoms with E-state index < -0.39 is 103 Å². The summed E-state index contributed by atoms with van der Waals surface area (Å²) in [6.45, 7) is 0. The highest BCUT2D eigenvalue weighted by atomic mass is 32.3. The highest BCUT2D eigenvalue weighted by molar-refractivity contribution is 7.88. The lowest BCUT2D eigenvalue weighted by Gasteiger charge is -2.45. The average molecular weight is 597 g/mol. The van der Waals surface area contributed by atoms with Crippen LogP contribution in [-0.4, -0.2) is 97.6 Å². The monoisotopic (exact) mass is 596 g/mol. The molecule has 26 heteroatoms. The molecule has 20 nitrogen and oxygen atoms in total. The van der Waals surface area contributed by atoms with Gasteiger partial charge in [-0.2, -0.15) is 33.7 Å². The van der Waals surface area contributed by atoms with Gasteiger partial charge in [-0.15, -0.1) is 0 Å². The molecule has 192 valence electrons. The summed E-state index contributed by atoms with van der Waals surface area (Å²) in [5, 5.41) is 0. The molecule has 1 aliphatic carbocycles. The van der Waals surface area contributed by atoms with E-state index in [0.717, 1.165) is 0 Å². The van der Waals surface area contributed by atoms with Crippen molar-refractivity contribution in [3.8, 4) is 0 Å². The SMILES string of the molecule is O=S(O)O[C@@H]1C(OSO)[C@H](OS(=O)(=O)O)C(OS(=O)(=O)O)C(OS(=O)(=O)O)[C@@H]1OS(=O)O. The van der Waals surface area contributed by atoms with Crippen LogP contribution in [-0.2, 0) is 79.0 Å². The van der Waals surface area contributed by atoms with Gasteiger partial charge in [-0.1, -0.05) is 0 Å². The van der Waals surface area contributed by atoms with Crippen LogP contribution < -0.4 is 0 Å². The van der Waals surface area contributed by atoms with Crippen molar-refractivity contribution >= 4 is 66.2 Å². The molecule has 1 rings (SSSR count). The van der Waals surface area contributed by atoms with Crippen LogP contribution in [0.15, 0.2) is 0 Å². The molecule has 0 saturated heterocycles. The van der Waals surface area contributed by atoms with Gasteiger partial charge in [0.15, 0.2) is 12.3 Å². The van der Waals surface area contributed by atoms with Gasteiger partial charge in [-0.3, -0.25) is 35.3 Å². The van der Waals surface area contributed by atoms with E-state index in [1.165, 1.54) is 0 Å². The summed E-state index contributed by atoms with van der Waals surface area (Å²) >= 11 is -7.52. The summed E-state index contributed by atoms with van der Waals surface area (Å²) in [6, 6.07) is 0. The Bertz CT molecular complexity index is 999. The summed E-state index contributed by atoms with van der Waals surface area (Å²) in [4.78, 5) is 0. The van der Waals surface area contributed by atoms with Gasteiger partial charge in [0.1, 0.15) is 36.6 Å². The molecule has 0 radical (unpaired) electrons. The Labute approximate surface area is 188 Å². The Morgan fingerprint density at radius 2 is 0.875 bits per heavy atom. The third kappa shape index (κ3) is 10.1. The smallest absolute Gasteiger partial charge is 0.307 e. The predicted molar refractivity (Wildman–Crippen MR) is 95.6 cm³/mol. The predicted octanol–water partition coefficient (Wildman–Crippen LogP) is -2.89. The van der Waals surface area contributed by atoms with Gasteiger partial charge in [0.05, 0.1) is 0 Å². The van der Waals surface area contributed by atoms with E-state index in [-0.39, 0.29) is 0 Å². The van der Waals surface area contributed by atoms with Gasteiger partial charge in [0, 0.05) is 0 Å². The minimum Gasteiger partial charge on any atom is -0.307 e. The molecule has 0 aromatic carbocycles. The fourth-order valence-electron chi connectivity index (χ4n) is 2.44. The molecule has 0 spiro atoms. The van der Waals surface area contributed by atoms with Crippen LogP contribution in [0.4, 0.5) is 0 Å². The maximum atomic E-state index is 11.2. The lowest BCUT2D eigenvalue weighted by Crippen LogP contribution is -2.68. The Morgan fingerprint density at radius 1 is 0.594 bits per heavy atom. The normalized spacial score (nSPS) is 31.8.